The van der Waals surface area contributed by atoms with E-state index in [1.807, 2.05) is 13.8 Å². The molecule has 1 aromatic rings. The molecule has 2 aliphatic rings. The van der Waals surface area contributed by atoms with Gasteiger partial charge in [0.1, 0.15) is 17.2 Å². The third-order valence-electron chi connectivity index (χ3n) is 3.79. The van der Waals surface area contributed by atoms with Gasteiger partial charge >= 0.3 is 0 Å². The average molecular weight is 302 g/mol. The third kappa shape index (κ3) is 2.26. The van der Waals surface area contributed by atoms with Crippen molar-refractivity contribution in [1.82, 2.24) is 9.97 Å². The van der Waals surface area contributed by atoms with Crippen molar-refractivity contribution in [3.63, 3.8) is 0 Å². The quantitative estimate of drug-likeness (QED) is 0.724. The smallest absolute Gasteiger partial charge is 0.146 e. The van der Waals surface area contributed by atoms with Crippen LogP contribution in [-0.4, -0.2) is 39.4 Å². The molecule has 0 amide bonds. The minimum Gasteiger partial charge on any atom is -0.352 e. The van der Waals surface area contributed by atoms with Gasteiger partial charge in [0.15, 0.2) is 0 Å². The predicted octanol–water partition coefficient (Wildman–Crippen LogP) is 1.91. The Balaban J connectivity index is 2.06. The molecule has 2 aliphatic heterocycles. The summed E-state index contributed by atoms with van der Waals surface area (Å²) >= 11 is 1.37. The Bertz CT molecular complexity index is 683. The maximum Gasteiger partial charge on any atom is 0.146 e. The Labute approximate surface area is 127 Å². The van der Waals surface area contributed by atoms with Crippen LogP contribution in [0.1, 0.15) is 26.5 Å². The molecule has 6 nitrogen and oxygen atoms in total. The zero-order chi connectivity index (χ0) is 15.4. The molecular weight excluding hydrogens is 284 g/mol. The fourth-order valence-electron chi connectivity index (χ4n) is 2.63. The topological polar surface area (TPSA) is 103 Å². The highest BCUT2D eigenvalue weighted by Crippen LogP contribution is 2.46. The molecule has 1 fully saturated rings. The summed E-state index contributed by atoms with van der Waals surface area (Å²) in [6.07, 6.45) is 1.53. The van der Waals surface area contributed by atoms with Gasteiger partial charge in [-0.15, -0.1) is 0 Å². The predicted molar refractivity (Wildman–Crippen MR) is 86.4 cm³/mol. The van der Waals surface area contributed by atoms with Gasteiger partial charge in [-0.25, -0.2) is 9.97 Å². The second kappa shape index (κ2) is 4.64. The van der Waals surface area contributed by atoms with Crippen molar-refractivity contribution in [2.75, 3.05) is 18.0 Å². The maximum absolute atomic E-state index is 8.20. The Morgan fingerprint density at radius 2 is 2.05 bits per heavy atom. The number of hydrogen-bond donors (Lipinski definition) is 3. The molecule has 4 N–H and O–H groups in total. The zero-order valence-electron chi connectivity index (χ0n) is 12.3. The van der Waals surface area contributed by atoms with E-state index < -0.39 is 0 Å². The van der Waals surface area contributed by atoms with E-state index in [2.05, 4.69) is 14.9 Å². The monoisotopic (exact) mass is 302 g/mol. The normalized spacial score (nSPS) is 21.9. The lowest BCUT2D eigenvalue weighted by molar-refractivity contribution is 0.361. The van der Waals surface area contributed by atoms with E-state index in [0.717, 1.165) is 40.6 Å². The maximum atomic E-state index is 8.20. The summed E-state index contributed by atoms with van der Waals surface area (Å²) in [7, 11) is 0. The molecule has 0 radical (unpaired) electrons. The minimum atomic E-state index is -0.172. The lowest BCUT2D eigenvalue weighted by Crippen LogP contribution is -2.66. The molecule has 0 bridgehead atoms. The Morgan fingerprint density at radius 1 is 1.38 bits per heavy atom. The van der Waals surface area contributed by atoms with Crippen molar-refractivity contribution in [3.8, 4) is 0 Å². The number of thioether (sulfide) groups is 1. The van der Waals surface area contributed by atoms with Crippen molar-refractivity contribution >= 4 is 33.9 Å². The largest absolute Gasteiger partial charge is 0.352 e. The summed E-state index contributed by atoms with van der Waals surface area (Å²) in [5, 5.41) is 16.4. The van der Waals surface area contributed by atoms with Gasteiger partial charge in [-0.2, -0.15) is 0 Å². The molecule has 3 heterocycles. The molecule has 110 valence electrons. The number of nitrogens with zero attached hydrogens (tertiary/aromatic N) is 3. The first-order valence-corrected chi connectivity index (χ1v) is 7.54. The second-order valence-corrected chi connectivity index (χ2v) is 6.96. The number of aromatic nitrogens is 2. The fourth-order valence-corrected chi connectivity index (χ4v) is 3.71. The van der Waals surface area contributed by atoms with Gasteiger partial charge in [0, 0.05) is 29.9 Å². The number of nitrogens with two attached hydrogens (primary N) is 1. The van der Waals surface area contributed by atoms with Gasteiger partial charge in [-0.1, -0.05) is 11.8 Å². The molecule has 7 heteroatoms. The summed E-state index contributed by atoms with van der Waals surface area (Å²) in [4.78, 5) is 11.8. The summed E-state index contributed by atoms with van der Waals surface area (Å²) in [5.41, 5.74) is 8.67. The van der Waals surface area contributed by atoms with E-state index in [9.17, 15) is 0 Å². The number of fused-ring (bicyclic) bond motifs is 1. The minimum absolute atomic E-state index is 0.172. The van der Waals surface area contributed by atoms with Crippen LogP contribution in [0.15, 0.2) is 16.8 Å². The number of rotatable bonds is 2. The third-order valence-corrected chi connectivity index (χ3v) is 4.78. The zero-order valence-corrected chi connectivity index (χ0v) is 13.1. The van der Waals surface area contributed by atoms with Crippen molar-refractivity contribution < 1.29 is 0 Å². The second-order valence-electron chi connectivity index (χ2n) is 5.94. The molecule has 0 aliphatic carbocycles. The average Bonchev–Trinajstić information content (AvgIpc) is 2.70. The Morgan fingerprint density at radius 3 is 2.62 bits per heavy atom. The van der Waals surface area contributed by atoms with Crippen LogP contribution >= 0.6 is 11.8 Å². The highest BCUT2D eigenvalue weighted by atomic mass is 32.2. The van der Waals surface area contributed by atoms with Crippen molar-refractivity contribution in [1.29, 1.82) is 10.8 Å². The van der Waals surface area contributed by atoms with E-state index in [4.69, 9.17) is 16.6 Å². The molecule has 21 heavy (non-hydrogen) atoms. The van der Waals surface area contributed by atoms with Crippen LogP contribution in [0.25, 0.3) is 5.57 Å². The lowest BCUT2D eigenvalue weighted by atomic mass is 9.93. The van der Waals surface area contributed by atoms with Crippen LogP contribution < -0.4 is 10.6 Å². The van der Waals surface area contributed by atoms with Crippen LogP contribution in [0.5, 0.6) is 0 Å². The lowest BCUT2D eigenvalue weighted by Gasteiger charge is -2.46. The molecule has 0 aromatic carbocycles. The van der Waals surface area contributed by atoms with Gasteiger partial charge in [0.25, 0.3) is 0 Å². The highest BCUT2D eigenvalue weighted by Gasteiger charge is 2.39. The van der Waals surface area contributed by atoms with E-state index in [0.29, 0.717) is 10.8 Å². The Kier molecular flexibility index (Phi) is 3.14. The van der Waals surface area contributed by atoms with Gasteiger partial charge in [0.2, 0.25) is 0 Å². The molecule has 0 unspecified atom stereocenters. The first-order valence-electron chi connectivity index (χ1n) is 6.72. The van der Waals surface area contributed by atoms with Crippen LogP contribution in [0, 0.1) is 10.8 Å². The number of hydrogen-bond acceptors (Lipinski definition) is 7. The van der Waals surface area contributed by atoms with Crippen LogP contribution in [0.2, 0.25) is 0 Å². The number of anilines is 1. The van der Waals surface area contributed by atoms with Gasteiger partial charge in [0.05, 0.1) is 10.6 Å². The van der Waals surface area contributed by atoms with E-state index in [1.54, 1.807) is 6.92 Å². The fraction of sp³-hybridized carbons (Fsp3) is 0.429. The van der Waals surface area contributed by atoms with E-state index in [1.165, 1.54) is 18.1 Å². The molecule has 3 rings (SSSR count). The van der Waals surface area contributed by atoms with Crippen molar-refractivity contribution in [3.05, 3.63) is 17.6 Å². The van der Waals surface area contributed by atoms with Crippen LogP contribution in [0.4, 0.5) is 5.82 Å². The molecular formula is C14H18N6S. The molecule has 0 saturated carbocycles. The van der Waals surface area contributed by atoms with Crippen molar-refractivity contribution in [2.45, 2.75) is 31.2 Å². The van der Waals surface area contributed by atoms with Gasteiger partial charge in [-0.05, 0) is 26.3 Å². The number of allylic oxidation sites excluding steroid dienone is 1. The van der Waals surface area contributed by atoms with Crippen LogP contribution in [-0.2, 0) is 0 Å². The van der Waals surface area contributed by atoms with Gasteiger partial charge in [-0.3, -0.25) is 5.41 Å². The number of nitrogens with one attached hydrogen (secondary N) is 2. The first kappa shape index (κ1) is 14.2. The molecule has 0 atom stereocenters. The SMILES string of the molecule is CC(=N)/C(C)=C1\C(=N)Sc2c1ncnc2N1CC(C)(N)C1. The summed E-state index contributed by atoms with van der Waals surface area (Å²) in [5.74, 6) is 0.850. The highest BCUT2D eigenvalue weighted by molar-refractivity contribution is 8.15. The Hall–Kier alpha value is -1.73. The summed E-state index contributed by atoms with van der Waals surface area (Å²) < 4.78 is 0. The molecule has 1 aromatic heterocycles. The van der Waals surface area contributed by atoms with E-state index in [-0.39, 0.29) is 5.54 Å². The van der Waals surface area contributed by atoms with Crippen molar-refractivity contribution in [2.24, 2.45) is 5.73 Å². The molecule has 0 spiro atoms. The van der Waals surface area contributed by atoms with E-state index >= 15 is 0 Å². The molecule has 1 saturated heterocycles. The van der Waals surface area contributed by atoms with Crippen LogP contribution in [0.3, 0.4) is 0 Å². The summed E-state index contributed by atoms with van der Waals surface area (Å²) in [6, 6.07) is 0. The first-order chi connectivity index (χ1) is 9.80. The van der Waals surface area contributed by atoms with Gasteiger partial charge < -0.3 is 16.0 Å². The standard InChI is InChI=1S/C14H18N6S/c1-7(8(2)15)9-10-11(21-12(9)16)13(19-6-18-10)20-4-14(3,17)5-20/h6,15-16H,4-5,17H2,1-3H3/b9-7-,15-8?,16-12?. The summed E-state index contributed by atoms with van der Waals surface area (Å²) in [6.45, 7) is 7.13.